The van der Waals surface area contributed by atoms with Gasteiger partial charge in [-0.2, -0.15) is 0 Å². The first-order valence-electron chi connectivity index (χ1n) is 7.58. The second kappa shape index (κ2) is 8.49. The van der Waals surface area contributed by atoms with Gasteiger partial charge in [0.2, 0.25) is 5.91 Å². The molecule has 2 aromatic rings. The van der Waals surface area contributed by atoms with Crippen molar-refractivity contribution >= 4 is 23.6 Å². The fourth-order valence-electron chi connectivity index (χ4n) is 2.35. The quantitative estimate of drug-likeness (QED) is 0.700. The largest absolute Gasteiger partial charge is 0.465 e. The van der Waals surface area contributed by atoms with E-state index in [1.807, 2.05) is 18.2 Å². The number of nitrogens with two attached hydrogens (primary N) is 1. The summed E-state index contributed by atoms with van der Waals surface area (Å²) in [6.07, 6.45) is -0.00456. The van der Waals surface area contributed by atoms with E-state index in [4.69, 9.17) is 5.73 Å². The lowest BCUT2D eigenvalue weighted by atomic mass is 10.0. The molecule has 2 aromatic carbocycles. The highest BCUT2D eigenvalue weighted by Crippen LogP contribution is 2.18. The average molecular weight is 341 g/mol. The predicted molar refractivity (Wildman–Crippen MR) is 92.9 cm³/mol. The molecular weight excluding hydrogens is 322 g/mol. The Morgan fingerprint density at radius 1 is 1.08 bits per heavy atom. The van der Waals surface area contributed by atoms with Gasteiger partial charge < -0.3 is 21.1 Å². The summed E-state index contributed by atoms with van der Waals surface area (Å²) in [7, 11) is 1.29. The molecule has 7 nitrogen and oxygen atoms in total. The van der Waals surface area contributed by atoms with Crippen LogP contribution in [0.1, 0.15) is 28.4 Å². The van der Waals surface area contributed by atoms with E-state index in [0.717, 1.165) is 5.56 Å². The smallest absolute Gasteiger partial charge is 0.337 e. The van der Waals surface area contributed by atoms with Gasteiger partial charge in [-0.1, -0.05) is 36.4 Å². The number of hydrogen-bond donors (Lipinski definition) is 3. The van der Waals surface area contributed by atoms with E-state index in [1.54, 1.807) is 30.3 Å². The number of amides is 3. The molecule has 0 aromatic heterocycles. The minimum absolute atomic E-state index is 0.00456. The van der Waals surface area contributed by atoms with E-state index in [2.05, 4.69) is 15.4 Å². The van der Waals surface area contributed by atoms with Gasteiger partial charge in [-0.3, -0.25) is 4.79 Å². The third-order valence-corrected chi connectivity index (χ3v) is 3.48. The van der Waals surface area contributed by atoms with Crippen LogP contribution in [0.15, 0.2) is 54.6 Å². The average Bonchev–Trinajstić information content (AvgIpc) is 2.61. The summed E-state index contributed by atoms with van der Waals surface area (Å²) in [5.74, 6) is -0.821. The number of rotatable bonds is 6. The first-order valence-corrected chi connectivity index (χ1v) is 7.58. The first-order chi connectivity index (χ1) is 12.0. The van der Waals surface area contributed by atoms with Crippen molar-refractivity contribution in [3.63, 3.8) is 0 Å². The Kier molecular flexibility index (Phi) is 6.11. The van der Waals surface area contributed by atoms with E-state index in [-0.39, 0.29) is 12.3 Å². The maximum absolute atomic E-state index is 12.3. The van der Waals surface area contributed by atoms with Crippen LogP contribution in [0.2, 0.25) is 0 Å². The van der Waals surface area contributed by atoms with E-state index >= 15 is 0 Å². The predicted octanol–water partition coefficient (Wildman–Crippen LogP) is 2.21. The molecule has 2 rings (SSSR count). The van der Waals surface area contributed by atoms with Crippen molar-refractivity contribution < 1.29 is 19.1 Å². The van der Waals surface area contributed by atoms with Crippen molar-refractivity contribution in [3.8, 4) is 0 Å². The number of anilines is 1. The summed E-state index contributed by atoms with van der Waals surface area (Å²) in [5.41, 5.74) is 6.74. The molecule has 1 atom stereocenters. The van der Waals surface area contributed by atoms with Crippen molar-refractivity contribution in [1.82, 2.24) is 5.32 Å². The molecule has 0 saturated heterocycles. The zero-order valence-corrected chi connectivity index (χ0v) is 13.7. The van der Waals surface area contributed by atoms with Gasteiger partial charge in [-0.05, 0) is 23.8 Å². The van der Waals surface area contributed by atoms with E-state index in [1.165, 1.54) is 13.2 Å². The third kappa shape index (κ3) is 5.35. The molecule has 7 heteroatoms. The molecule has 3 amide bonds. The Labute approximate surface area is 145 Å². The molecule has 0 aliphatic rings. The van der Waals surface area contributed by atoms with Gasteiger partial charge in [-0.25, -0.2) is 9.59 Å². The van der Waals surface area contributed by atoms with Crippen LogP contribution in [0.4, 0.5) is 10.5 Å². The summed E-state index contributed by atoms with van der Waals surface area (Å²) in [4.78, 5) is 35.1. The third-order valence-electron chi connectivity index (χ3n) is 3.48. The molecule has 0 saturated carbocycles. The van der Waals surface area contributed by atoms with Gasteiger partial charge in [-0.15, -0.1) is 0 Å². The van der Waals surface area contributed by atoms with Crippen molar-refractivity contribution in [2.24, 2.45) is 5.73 Å². The van der Waals surface area contributed by atoms with Crippen LogP contribution in [0.5, 0.6) is 0 Å². The Bertz CT molecular complexity index is 762. The maximum Gasteiger partial charge on any atom is 0.337 e. The minimum atomic E-state index is -0.714. The highest BCUT2D eigenvalue weighted by atomic mass is 16.5. The Hall–Kier alpha value is -3.35. The van der Waals surface area contributed by atoms with Crippen LogP contribution in [0.3, 0.4) is 0 Å². The fraction of sp³-hybridized carbons (Fsp3) is 0.167. The molecule has 4 N–H and O–H groups in total. The molecule has 0 bridgehead atoms. The normalized spacial score (nSPS) is 11.2. The molecule has 0 aliphatic carbocycles. The highest BCUT2D eigenvalue weighted by Gasteiger charge is 2.17. The van der Waals surface area contributed by atoms with Crippen LogP contribution in [0, 0.1) is 0 Å². The number of carbonyl (C=O) groups is 3. The monoisotopic (exact) mass is 341 g/mol. The van der Waals surface area contributed by atoms with Crippen LogP contribution in [-0.2, 0) is 9.53 Å². The number of methoxy groups -OCH3 is 1. The number of nitrogens with one attached hydrogen (secondary N) is 2. The zero-order valence-electron chi connectivity index (χ0n) is 13.7. The zero-order chi connectivity index (χ0) is 18.2. The molecule has 0 fully saturated rings. The maximum atomic E-state index is 12.3. The Balaban J connectivity index is 2.09. The lowest BCUT2D eigenvalue weighted by molar-refractivity contribution is -0.116. The second-order valence-corrected chi connectivity index (χ2v) is 5.30. The molecule has 130 valence electrons. The van der Waals surface area contributed by atoms with Crippen molar-refractivity contribution in [3.05, 3.63) is 65.7 Å². The van der Waals surface area contributed by atoms with Gasteiger partial charge >= 0.3 is 12.0 Å². The summed E-state index contributed by atoms with van der Waals surface area (Å²) >= 11 is 0. The molecule has 0 heterocycles. The molecule has 25 heavy (non-hydrogen) atoms. The number of urea groups is 1. The van der Waals surface area contributed by atoms with Crippen LogP contribution in [0.25, 0.3) is 0 Å². The van der Waals surface area contributed by atoms with Crippen molar-refractivity contribution in [2.45, 2.75) is 12.5 Å². The van der Waals surface area contributed by atoms with E-state index in [0.29, 0.717) is 11.3 Å². The van der Waals surface area contributed by atoms with Crippen LogP contribution in [-0.4, -0.2) is 25.0 Å². The first kappa shape index (κ1) is 18.0. The van der Waals surface area contributed by atoms with Crippen LogP contribution >= 0.6 is 0 Å². The van der Waals surface area contributed by atoms with Gasteiger partial charge in [0.25, 0.3) is 0 Å². The van der Waals surface area contributed by atoms with Crippen LogP contribution < -0.4 is 16.4 Å². The van der Waals surface area contributed by atoms with Crippen molar-refractivity contribution in [2.75, 3.05) is 12.4 Å². The lowest BCUT2D eigenvalue weighted by Gasteiger charge is -2.17. The standard InChI is InChI=1S/C18H19N3O4/c1-25-17(23)13-8-5-9-14(10-13)20-16(22)11-15(21-18(19)24)12-6-3-2-4-7-12/h2-10,15H,11H2,1H3,(H,20,22)(H3,19,21,24). The Morgan fingerprint density at radius 3 is 2.44 bits per heavy atom. The molecular formula is C18H19N3O4. The summed E-state index contributed by atoms with van der Waals surface area (Å²) in [6, 6.07) is 14.2. The molecule has 0 radical (unpaired) electrons. The number of primary amides is 1. The lowest BCUT2D eigenvalue weighted by Crippen LogP contribution is -2.35. The number of esters is 1. The topological polar surface area (TPSA) is 111 Å². The summed E-state index contributed by atoms with van der Waals surface area (Å²) in [5, 5.41) is 5.25. The molecule has 0 aliphatic heterocycles. The molecule has 1 unspecified atom stereocenters. The number of hydrogen-bond acceptors (Lipinski definition) is 4. The SMILES string of the molecule is COC(=O)c1cccc(NC(=O)CC(NC(N)=O)c2ccccc2)c1. The summed E-state index contributed by atoms with van der Waals surface area (Å²) in [6.45, 7) is 0. The summed E-state index contributed by atoms with van der Waals surface area (Å²) < 4.78 is 4.65. The second-order valence-electron chi connectivity index (χ2n) is 5.30. The van der Waals surface area contributed by atoms with E-state index in [9.17, 15) is 14.4 Å². The Morgan fingerprint density at radius 2 is 1.80 bits per heavy atom. The van der Waals surface area contributed by atoms with Gasteiger partial charge in [0.05, 0.1) is 25.1 Å². The van der Waals surface area contributed by atoms with Gasteiger partial charge in [0, 0.05) is 5.69 Å². The number of benzene rings is 2. The minimum Gasteiger partial charge on any atom is -0.465 e. The number of carbonyl (C=O) groups excluding carboxylic acids is 3. The van der Waals surface area contributed by atoms with E-state index < -0.39 is 18.0 Å². The number of ether oxygens (including phenoxy) is 1. The fourth-order valence-corrected chi connectivity index (χ4v) is 2.35. The highest BCUT2D eigenvalue weighted by molar-refractivity contribution is 5.95. The van der Waals surface area contributed by atoms with Gasteiger partial charge in [0.15, 0.2) is 0 Å². The molecule has 0 spiro atoms. The van der Waals surface area contributed by atoms with Gasteiger partial charge in [0.1, 0.15) is 0 Å². The van der Waals surface area contributed by atoms with Crippen molar-refractivity contribution in [1.29, 1.82) is 0 Å².